The first-order valence-corrected chi connectivity index (χ1v) is 12.9. The van der Waals surface area contributed by atoms with Crippen LogP contribution >= 0.6 is 0 Å². The van der Waals surface area contributed by atoms with Crippen LogP contribution in [0.1, 0.15) is 50.2 Å². The lowest BCUT2D eigenvalue weighted by molar-refractivity contribution is -0.160. The zero-order valence-electron chi connectivity index (χ0n) is 18.9. The van der Waals surface area contributed by atoms with Gasteiger partial charge in [0.1, 0.15) is 6.04 Å². The number of rotatable bonds is 10. The van der Waals surface area contributed by atoms with Crippen LogP contribution in [-0.4, -0.2) is 48.3 Å². The molecule has 1 N–H and O–H groups in total. The molecule has 0 aliphatic carbocycles. The molecule has 2 heterocycles. The number of hydrogen-bond acceptors (Lipinski definition) is 6. The van der Waals surface area contributed by atoms with Crippen LogP contribution in [-0.2, 0) is 36.6 Å². The van der Waals surface area contributed by atoms with E-state index in [9.17, 15) is 18.0 Å². The molecular weight excluding hydrogens is 442 g/mol. The van der Waals surface area contributed by atoms with Crippen LogP contribution in [0.5, 0.6) is 0 Å². The zero-order chi connectivity index (χ0) is 23.7. The van der Waals surface area contributed by atoms with Crippen molar-refractivity contribution < 1.29 is 22.7 Å². The molecule has 2 aromatic rings. The predicted octanol–water partition coefficient (Wildman–Crippen LogP) is 2.79. The van der Waals surface area contributed by atoms with E-state index in [2.05, 4.69) is 10.3 Å². The van der Waals surface area contributed by atoms with Crippen molar-refractivity contribution >= 4 is 21.9 Å². The summed E-state index contributed by atoms with van der Waals surface area (Å²) in [5.74, 6) is -1.24. The average molecular weight is 474 g/mol. The second kappa shape index (κ2) is 11.9. The van der Waals surface area contributed by atoms with E-state index in [1.54, 1.807) is 42.7 Å². The molecule has 8 nitrogen and oxygen atoms in total. The highest BCUT2D eigenvalue weighted by molar-refractivity contribution is 7.88. The maximum Gasteiger partial charge on any atom is 0.325 e. The summed E-state index contributed by atoms with van der Waals surface area (Å²) in [4.78, 5) is 29.8. The van der Waals surface area contributed by atoms with Gasteiger partial charge in [0.25, 0.3) is 5.91 Å². The molecule has 1 aromatic carbocycles. The van der Waals surface area contributed by atoms with Crippen LogP contribution < -0.4 is 5.32 Å². The maximum absolute atomic E-state index is 13.1. The van der Waals surface area contributed by atoms with E-state index in [1.807, 2.05) is 19.1 Å². The number of piperidine rings is 1. The van der Waals surface area contributed by atoms with Crippen LogP contribution in [0, 0.1) is 0 Å². The molecule has 0 radical (unpaired) electrons. The highest BCUT2D eigenvalue weighted by Gasteiger charge is 2.39. The lowest BCUT2D eigenvalue weighted by Crippen LogP contribution is -2.50. The van der Waals surface area contributed by atoms with Crippen LogP contribution in [0.25, 0.3) is 0 Å². The minimum atomic E-state index is -3.72. The SMILES string of the molecule is CCCC(OC(=O)C1CCCCN1S(=O)(=O)Cc1ccccc1)C(=O)NCc1cccnc1. The fraction of sp³-hybridized carbons (Fsp3) is 0.458. The minimum Gasteiger partial charge on any atom is -0.451 e. The summed E-state index contributed by atoms with van der Waals surface area (Å²) in [7, 11) is -3.72. The number of esters is 1. The Bertz CT molecular complexity index is 1010. The number of carbonyl (C=O) groups excluding carboxylic acids is 2. The third kappa shape index (κ3) is 7.10. The fourth-order valence-corrected chi connectivity index (χ4v) is 5.64. The number of sulfonamides is 1. The number of amides is 1. The van der Waals surface area contributed by atoms with Crippen LogP contribution in [0.15, 0.2) is 54.9 Å². The normalized spacial score (nSPS) is 17.8. The highest BCUT2D eigenvalue weighted by atomic mass is 32.2. The molecule has 2 unspecified atom stereocenters. The molecule has 2 atom stereocenters. The van der Waals surface area contributed by atoms with Crippen molar-refractivity contribution in [2.75, 3.05) is 6.54 Å². The summed E-state index contributed by atoms with van der Waals surface area (Å²) >= 11 is 0. The molecule has 1 aromatic heterocycles. The van der Waals surface area contributed by atoms with Gasteiger partial charge in [-0.25, -0.2) is 8.42 Å². The first-order chi connectivity index (χ1) is 15.9. The van der Waals surface area contributed by atoms with E-state index in [1.165, 1.54) is 4.31 Å². The van der Waals surface area contributed by atoms with Crippen molar-refractivity contribution in [1.29, 1.82) is 0 Å². The van der Waals surface area contributed by atoms with Crippen LogP contribution in [0.3, 0.4) is 0 Å². The third-order valence-corrected chi connectivity index (χ3v) is 7.42. The van der Waals surface area contributed by atoms with E-state index >= 15 is 0 Å². The Labute approximate surface area is 195 Å². The van der Waals surface area contributed by atoms with E-state index in [0.717, 1.165) is 12.0 Å². The van der Waals surface area contributed by atoms with Crippen LogP contribution in [0.2, 0.25) is 0 Å². The van der Waals surface area contributed by atoms with Crippen molar-refractivity contribution in [2.45, 2.75) is 63.5 Å². The van der Waals surface area contributed by atoms with Gasteiger partial charge in [0.15, 0.2) is 6.10 Å². The van der Waals surface area contributed by atoms with Crippen molar-refractivity contribution in [1.82, 2.24) is 14.6 Å². The molecule has 33 heavy (non-hydrogen) atoms. The Hall–Kier alpha value is -2.78. The molecule has 1 fully saturated rings. The topological polar surface area (TPSA) is 106 Å². The average Bonchev–Trinajstić information content (AvgIpc) is 2.83. The molecule has 1 saturated heterocycles. The summed E-state index contributed by atoms with van der Waals surface area (Å²) in [6, 6.07) is 11.6. The first kappa shape index (κ1) is 24.9. The number of pyridine rings is 1. The number of hydrogen-bond donors (Lipinski definition) is 1. The molecule has 0 saturated carbocycles. The van der Waals surface area contributed by atoms with E-state index in [4.69, 9.17) is 4.74 Å². The smallest absolute Gasteiger partial charge is 0.325 e. The molecule has 0 bridgehead atoms. The highest BCUT2D eigenvalue weighted by Crippen LogP contribution is 2.24. The number of ether oxygens (including phenoxy) is 1. The van der Waals surface area contributed by atoms with E-state index in [-0.39, 0.29) is 18.8 Å². The molecular formula is C24H31N3O5S. The van der Waals surface area contributed by atoms with Crippen molar-refractivity contribution in [2.24, 2.45) is 0 Å². The lowest BCUT2D eigenvalue weighted by atomic mass is 10.1. The Kier molecular flexibility index (Phi) is 8.96. The molecule has 1 amide bonds. The summed E-state index contributed by atoms with van der Waals surface area (Å²) in [6.45, 7) is 2.43. The Morgan fingerprint density at radius 3 is 2.61 bits per heavy atom. The molecule has 178 valence electrons. The molecule has 1 aliphatic rings. The third-order valence-electron chi connectivity index (χ3n) is 5.57. The zero-order valence-corrected chi connectivity index (χ0v) is 19.7. The van der Waals surface area contributed by atoms with Crippen molar-refractivity contribution in [3.8, 4) is 0 Å². The molecule has 3 rings (SSSR count). The first-order valence-electron chi connectivity index (χ1n) is 11.3. The predicted molar refractivity (Wildman–Crippen MR) is 124 cm³/mol. The Morgan fingerprint density at radius 1 is 1.15 bits per heavy atom. The summed E-state index contributed by atoms with van der Waals surface area (Å²) in [5, 5.41) is 2.78. The fourth-order valence-electron chi connectivity index (χ4n) is 3.87. The van der Waals surface area contributed by atoms with Gasteiger partial charge in [-0.2, -0.15) is 4.31 Å². The van der Waals surface area contributed by atoms with Crippen molar-refractivity contribution in [3.63, 3.8) is 0 Å². The summed E-state index contributed by atoms with van der Waals surface area (Å²) in [6.07, 6.45) is 5.10. The van der Waals surface area contributed by atoms with Gasteiger partial charge < -0.3 is 10.1 Å². The van der Waals surface area contributed by atoms with Crippen molar-refractivity contribution in [3.05, 3.63) is 66.0 Å². The van der Waals surface area contributed by atoms with Gasteiger partial charge in [-0.3, -0.25) is 14.6 Å². The lowest BCUT2D eigenvalue weighted by Gasteiger charge is -2.33. The van der Waals surface area contributed by atoms with Gasteiger partial charge in [-0.15, -0.1) is 0 Å². The number of nitrogens with one attached hydrogen (secondary N) is 1. The van der Waals surface area contributed by atoms with Gasteiger partial charge in [0, 0.05) is 25.5 Å². The second-order valence-corrected chi connectivity index (χ2v) is 10.1. The van der Waals surface area contributed by atoms with Gasteiger partial charge in [0.05, 0.1) is 5.75 Å². The number of carbonyl (C=O) groups is 2. The minimum absolute atomic E-state index is 0.179. The maximum atomic E-state index is 13.1. The van der Waals surface area contributed by atoms with Gasteiger partial charge >= 0.3 is 5.97 Å². The summed E-state index contributed by atoms with van der Waals surface area (Å²) in [5.41, 5.74) is 1.49. The van der Waals surface area contributed by atoms with Gasteiger partial charge in [-0.05, 0) is 42.9 Å². The molecule has 0 spiro atoms. The standard InChI is InChI=1S/C24H31N3O5S/c1-2-9-22(23(28)26-17-20-12-8-14-25-16-20)32-24(29)21-13-6-7-15-27(21)33(30,31)18-19-10-4-3-5-11-19/h3-5,8,10-12,14,16,21-22H,2,6-7,9,13,15,17-18H2,1H3,(H,26,28). The second-order valence-electron chi connectivity index (χ2n) is 8.16. The molecule has 1 aliphatic heterocycles. The van der Waals surface area contributed by atoms with E-state index < -0.39 is 34.0 Å². The number of nitrogens with zero attached hydrogens (tertiary/aromatic N) is 2. The van der Waals surface area contributed by atoms with E-state index in [0.29, 0.717) is 31.2 Å². The Balaban J connectivity index is 1.67. The largest absolute Gasteiger partial charge is 0.451 e. The van der Waals surface area contributed by atoms with Crippen LogP contribution in [0.4, 0.5) is 0 Å². The Morgan fingerprint density at radius 2 is 1.91 bits per heavy atom. The number of benzene rings is 1. The van der Waals surface area contributed by atoms with Gasteiger partial charge in [-0.1, -0.05) is 49.7 Å². The van der Waals surface area contributed by atoms with Gasteiger partial charge in [0.2, 0.25) is 10.0 Å². The molecule has 9 heteroatoms. The monoisotopic (exact) mass is 473 g/mol. The summed E-state index contributed by atoms with van der Waals surface area (Å²) < 4.78 is 33.1. The quantitative estimate of drug-likeness (QED) is 0.532. The number of aromatic nitrogens is 1.